The molecule has 0 aromatic carbocycles. The van der Waals surface area contributed by atoms with E-state index in [1.54, 1.807) is 13.3 Å². The monoisotopic (exact) mass is 318 g/mol. The predicted octanol–water partition coefficient (Wildman–Crippen LogP) is 2.63. The van der Waals surface area contributed by atoms with E-state index in [-0.39, 0.29) is 11.5 Å². The summed E-state index contributed by atoms with van der Waals surface area (Å²) in [4.78, 5) is 0. The van der Waals surface area contributed by atoms with E-state index < -0.39 is 0 Å². The molecular formula is C13H23BrN2O2. The van der Waals surface area contributed by atoms with Gasteiger partial charge >= 0.3 is 0 Å². The van der Waals surface area contributed by atoms with Crippen molar-refractivity contribution in [3.63, 3.8) is 0 Å². The second-order valence-corrected chi connectivity index (χ2v) is 6.43. The maximum absolute atomic E-state index is 10.1. The summed E-state index contributed by atoms with van der Waals surface area (Å²) in [5.74, 6) is 0. The SMILES string of the molecule is COCCn1ncc(Br)c1CCC(O)C(C)(C)C. The Hall–Kier alpha value is -0.390. The van der Waals surface area contributed by atoms with E-state index in [9.17, 15) is 5.11 Å². The van der Waals surface area contributed by atoms with Crippen molar-refractivity contribution in [1.82, 2.24) is 9.78 Å². The standard InChI is InChI=1S/C13H23BrN2O2/c1-13(2,3)12(17)6-5-11-10(14)9-15-16(11)7-8-18-4/h9,12,17H,5-8H2,1-4H3. The van der Waals surface area contributed by atoms with Crippen LogP contribution in [0.15, 0.2) is 10.7 Å². The Bertz CT molecular complexity index is 372. The van der Waals surface area contributed by atoms with Crippen molar-refractivity contribution in [3.05, 3.63) is 16.4 Å². The normalized spacial score (nSPS) is 13.9. The van der Waals surface area contributed by atoms with E-state index in [1.165, 1.54) is 0 Å². The first kappa shape index (κ1) is 15.7. The van der Waals surface area contributed by atoms with Gasteiger partial charge in [0.2, 0.25) is 0 Å². The molecule has 1 heterocycles. The number of methoxy groups -OCH3 is 1. The molecule has 1 aromatic heterocycles. The molecule has 0 fully saturated rings. The summed E-state index contributed by atoms with van der Waals surface area (Å²) >= 11 is 3.50. The summed E-state index contributed by atoms with van der Waals surface area (Å²) in [5, 5.41) is 14.4. The van der Waals surface area contributed by atoms with Crippen LogP contribution in [0.3, 0.4) is 0 Å². The van der Waals surface area contributed by atoms with Crippen molar-refractivity contribution in [2.75, 3.05) is 13.7 Å². The van der Waals surface area contributed by atoms with E-state index >= 15 is 0 Å². The van der Waals surface area contributed by atoms with Crippen LogP contribution < -0.4 is 0 Å². The Morgan fingerprint density at radius 1 is 1.50 bits per heavy atom. The third kappa shape index (κ3) is 4.37. The van der Waals surface area contributed by atoms with Crippen LogP contribution in [-0.2, 0) is 17.7 Å². The molecule has 0 saturated carbocycles. The lowest BCUT2D eigenvalue weighted by Crippen LogP contribution is -2.26. The van der Waals surface area contributed by atoms with Crippen LogP contribution in [0, 0.1) is 5.41 Å². The lowest BCUT2D eigenvalue weighted by atomic mass is 9.86. The number of aliphatic hydroxyl groups excluding tert-OH is 1. The Balaban J connectivity index is 2.63. The second-order valence-electron chi connectivity index (χ2n) is 5.58. The zero-order valence-corrected chi connectivity index (χ0v) is 13.2. The molecule has 104 valence electrons. The summed E-state index contributed by atoms with van der Waals surface area (Å²) in [6.07, 6.45) is 3.04. The molecule has 0 radical (unpaired) electrons. The van der Waals surface area contributed by atoms with Gasteiger partial charge < -0.3 is 9.84 Å². The third-order valence-corrected chi connectivity index (χ3v) is 3.72. The summed E-state index contributed by atoms with van der Waals surface area (Å²) in [6, 6.07) is 0. The quantitative estimate of drug-likeness (QED) is 0.877. The topological polar surface area (TPSA) is 47.3 Å². The fourth-order valence-electron chi connectivity index (χ4n) is 1.71. The molecule has 1 N–H and O–H groups in total. The van der Waals surface area contributed by atoms with Crippen LogP contribution in [0.1, 0.15) is 32.9 Å². The van der Waals surface area contributed by atoms with Gasteiger partial charge in [-0.15, -0.1) is 0 Å². The second kappa shape index (κ2) is 6.68. The van der Waals surface area contributed by atoms with Crippen molar-refractivity contribution in [2.24, 2.45) is 5.41 Å². The highest BCUT2D eigenvalue weighted by molar-refractivity contribution is 9.10. The molecule has 0 aliphatic carbocycles. The maximum Gasteiger partial charge on any atom is 0.0658 e. The van der Waals surface area contributed by atoms with Gasteiger partial charge in [0.25, 0.3) is 0 Å². The maximum atomic E-state index is 10.1. The average Bonchev–Trinajstić information content (AvgIpc) is 2.63. The van der Waals surface area contributed by atoms with E-state index in [1.807, 2.05) is 4.68 Å². The summed E-state index contributed by atoms with van der Waals surface area (Å²) < 4.78 is 8.00. The van der Waals surface area contributed by atoms with Gasteiger partial charge in [0, 0.05) is 7.11 Å². The van der Waals surface area contributed by atoms with Gasteiger partial charge in [-0.2, -0.15) is 5.10 Å². The molecule has 0 bridgehead atoms. The van der Waals surface area contributed by atoms with Crippen LogP contribution in [0.2, 0.25) is 0 Å². The Labute approximate surface area is 117 Å². The zero-order chi connectivity index (χ0) is 13.8. The predicted molar refractivity (Wildman–Crippen MR) is 75.6 cm³/mol. The van der Waals surface area contributed by atoms with Crippen molar-refractivity contribution in [1.29, 1.82) is 0 Å². The lowest BCUT2D eigenvalue weighted by Gasteiger charge is -2.25. The average molecular weight is 319 g/mol. The number of aromatic nitrogens is 2. The van der Waals surface area contributed by atoms with Crippen molar-refractivity contribution in [2.45, 2.75) is 46.3 Å². The van der Waals surface area contributed by atoms with E-state index in [0.29, 0.717) is 6.61 Å². The van der Waals surface area contributed by atoms with Crippen LogP contribution >= 0.6 is 15.9 Å². The Kier molecular flexibility index (Phi) is 5.82. The van der Waals surface area contributed by atoms with Crippen LogP contribution in [0.4, 0.5) is 0 Å². The van der Waals surface area contributed by atoms with Gasteiger partial charge in [-0.05, 0) is 34.2 Å². The number of rotatable bonds is 6. The number of aliphatic hydroxyl groups is 1. The Morgan fingerprint density at radius 3 is 2.72 bits per heavy atom. The molecule has 4 nitrogen and oxygen atoms in total. The van der Waals surface area contributed by atoms with Crippen molar-refractivity contribution >= 4 is 15.9 Å². The molecule has 0 saturated heterocycles. The summed E-state index contributed by atoms with van der Waals surface area (Å²) in [5.41, 5.74) is 1.04. The highest BCUT2D eigenvalue weighted by Crippen LogP contribution is 2.25. The van der Waals surface area contributed by atoms with E-state index in [4.69, 9.17) is 4.74 Å². The summed E-state index contributed by atoms with van der Waals surface area (Å²) in [7, 11) is 1.68. The number of hydrogen-bond donors (Lipinski definition) is 1. The molecule has 0 amide bonds. The Morgan fingerprint density at radius 2 is 2.17 bits per heavy atom. The molecule has 0 aliphatic rings. The number of halogens is 1. The van der Waals surface area contributed by atoms with Gasteiger partial charge in [-0.3, -0.25) is 4.68 Å². The van der Waals surface area contributed by atoms with E-state index in [0.717, 1.165) is 29.6 Å². The summed E-state index contributed by atoms with van der Waals surface area (Å²) in [6.45, 7) is 7.53. The van der Waals surface area contributed by atoms with E-state index in [2.05, 4.69) is 41.8 Å². The minimum atomic E-state index is -0.310. The van der Waals surface area contributed by atoms with Crippen molar-refractivity contribution < 1.29 is 9.84 Å². The fraction of sp³-hybridized carbons (Fsp3) is 0.769. The van der Waals surface area contributed by atoms with Gasteiger partial charge in [0.05, 0.1) is 35.6 Å². The first-order chi connectivity index (χ1) is 8.36. The number of ether oxygens (including phenoxy) is 1. The molecule has 1 aromatic rings. The minimum Gasteiger partial charge on any atom is -0.393 e. The molecular weight excluding hydrogens is 296 g/mol. The van der Waals surface area contributed by atoms with Crippen LogP contribution in [-0.4, -0.2) is 34.7 Å². The highest BCUT2D eigenvalue weighted by Gasteiger charge is 2.22. The molecule has 1 atom stereocenters. The fourth-order valence-corrected chi connectivity index (χ4v) is 2.21. The number of hydrogen-bond acceptors (Lipinski definition) is 3. The molecule has 0 aliphatic heterocycles. The van der Waals surface area contributed by atoms with Crippen molar-refractivity contribution in [3.8, 4) is 0 Å². The molecule has 1 unspecified atom stereocenters. The van der Waals surface area contributed by atoms with Gasteiger partial charge in [0.15, 0.2) is 0 Å². The highest BCUT2D eigenvalue weighted by atomic mass is 79.9. The van der Waals surface area contributed by atoms with Crippen LogP contribution in [0.25, 0.3) is 0 Å². The van der Waals surface area contributed by atoms with Gasteiger partial charge in [0.1, 0.15) is 0 Å². The van der Waals surface area contributed by atoms with Gasteiger partial charge in [-0.25, -0.2) is 0 Å². The molecule has 1 rings (SSSR count). The van der Waals surface area contributed by atoms with Crippen LogP contribution in [0.5, 0.6) is 0 Å². The van der Waals surface area contributed by atoms with Gasteiger partial charge in [-0.1, -0.05) is 20.8 Å². The number of nitrogens with zero attached hydrogens (tertiary/aromatic N) is 2. The largest absolute Gasteiger partial charge is 0.393 e. The third-order valence-electron chi connectivity index (χ3n) is 3.06. The molecule has 0 spiro atoms. The first-order valence-corrected chi connectivity index (χ1v) is 7.02. The molecule has 18 heavy (non-hydrogen) atoms. The first-order valence-electron chi connectivity index (χ1n) is 6.23. The lowest BCUT2D eigenvalue weighted by molar-refractivity contribution is 0.0554. The zero-order valence-electron chi connectivity index (χ0n) is 11.6. The smallest absolute Gasteiger partial charge is 0.0658 e. The minimum absolute atomic E-state index is 0.0795. The molecule has 5 heteroatoms.